The van der Waals surface area contributed by atoms with Gasteiger partial charge in [0.1, 0.15) is 14.9 Å². The monoisotopic (exact) mass is 438 g/mol. The van der Waals surface area contributed by atoms with Crippen molar-refractivity contribution in [3.8, 4) is 0 Å². The van der Waals surface area contributed by atoms with Gasteiger partial charge in [-0.15, -0.1) is 22.7 Å². The topological polar surface area (TPSA) is 115 Å². The van der Waals surface area contributed by atoms with Crippen LogP contribution in [0.25, 0.3) is 10.2 Å². The Kier molecular flexibility index (Phi) is 5.34. The Hall–Kier alpha value is -1.88. The van der Waals surface area contributed by atoms with Crippen molar-refractivity contribution < 1.29 is 13.2 Å². The molecule has 28 heavy (non-hydrogen) atoms. The highest BCUT2D eigenvalue weighted by Gasteiger charge is 2.23. The van der Waals surface area contributed by atoms with Crippen LogP contribution in [0.15, 0.2) is 16.3 Å². The molecule has 0 aromatic carbocycles. The van der Waals surface area contributed by atoms with Gasteiger partial charge in [0, 0.05) is 15.7 Å². The molecule has 3 aromatic heterocycles. The minimum atomic E-state index is -3.73. The van der Waals surface area contributed by atoms with E-state index in [4.69, 9.17) is 5.14 Å². The fourth-order valence-corrected chi connectivity index (χ4v) is 5.61. The number of nitrogens with zero attached hydrogens (tertiary/aromatic N) is 2. The molecular weight excluding hydrogens is 416 g/mol. The fourth-order valence-electron chi connectivity index (χ4n) is 2.74. The Bertz CT molecular complexity index is 1170. The number of amides is 1. The molecule has 0 fully saturated rings. The molecule has 10 heteroatoms. The van der Waals surface area contributed by atoms with Crippen molar-refractivity contribution in [1.29, 1.82) is 0 Å². The molecule has 0 bridgehead atoms. The van der Waals surface area contributed by atoms with Crippen LogP contribution in [0.2, 0.25) is 0 Å². The van der Waals surface area contributed by atoms with Crippen LogP contribution in [0.4, 0.5) is 0 Å². The maximum Gasteiger partial charge on any atom is 0.262 e. The second kappa shape index (κ2) is 7.18. The lowest BCUT2D eigenvalue weighted by Gasteiger charge is -2.16. The lowest BCUT2D eigenvalue weighted by atomic mass is 9.95. The smallest absolute Gasteiger partial charge is 0.262 e. The van der Waals surface area contributed by atoms with Crippen molar-refractivity contribution in [1.82, 2.24) is 15.3 Å². The number of nitrogens with one attached hydrogen (secondary N) is 1. The van der Waals surface area contributed by atoms with Gasteiger partial charge in [-0.05, 0) is 31.5 Å². The van der Waals surface area contributed by atoms with Gasteiger partial charge in [0.15, 0.2) is 0 Å². The first-order valence-electron chi connectivity index (χ1n) is 8.56. The summed E-state index contributed by atoms with van der Waals surface area (Å²) in [6.07, 6.45) is 0. The molecule has 0 radical (unpaired) electrons. The fraction of sp³-hybridized carbons (Fsp3) is 0.389. The van der Waals surface area contributed by atoms with Gasteiger partial charge < -0.3 is 5.32 Å². The molecule has 0 spiro atoms. The third-order valence-corrected chi connectivity index (χ3v) is 7.90. The first kappa shape index (κ1) is 20.8. The Balaban J connectivity index is 1.87. The number of aromatic nitrogens is 2. The Labute approximate surface area is 172 Å². The maximum atomic E-state index is 12.7. The van der Waals surface area contributed by atoms with Crippen LogP contribution in [-0.2, 0) is 22.0 Å². The van der Waals surface area contributed by atoms with Crippen LogP contribution in [0.5, 0.6) is 0 Å². The molecule has 0 unspecified atom stereocenters. The number of hydrogen-bond acceptors (Lipinski definition) is 7. The first-order valence-corrected chi connectivity index (χ1v) is 11.7. The number of primary sulfonamides is 1. The molecule has 0 saturated heterocycles. The minimum absolute atomic E-state index is 0.0791. The van der Waals surface area contributed by atoms with Gasteiger partial charge in [-0.1, -0.05) is 20.8 Å². The molecule has 150 valence electrons. The van der Waals surface area contributed by atoms with Gasteiger partial charge >= 0.3 is 0 Å². The third-order valence-electron chi connectivity index (χ3n) is 4.19. The second-order valence-corrected chi connectivity index (χ2v) is 11.5. The van der Waals surface area contributed by atoms with Crippen molar-refractivity contribution >= 4 is 48.8 Å². The van der Waals surface area contributed by atoms with E-state index in [0.29, 0.717) is 9.75 Å². The van der Waals surface area contributed by atoms with Gasteiger partial charge in [-0.25, -0.2) is 23.5 Å². The molecule has 0 aliphatic rings. The Morgan fingerprint density at radius 3 is 2.43 bits per heavy atom. The zero-order valence-electron chi connectivity index (χ0n) is 16.3. The Morgan fingerprint density at radius 1 is 1.18 bits per heavy atom. The maximum absolute atomic E-state index is 12.7. The zero-order chi connectivity index (χ0) is 20.9. The van der Waals surface area contributed by atoms with Crippen molar-refractivity contribution in [2.75, 3.05) is 0 Å². The average Bonchev–Trinajstić information content (AvgIpc) is 3.16. The molecule has 0 saturated carbocycles. The molecule has 7 nitrogen and oxygen atoms in total. The van der Waals surface area contributed by atoms with Crippen LogP contribution in [0, 0.1) is 13.8 Å². The summed E-state index contributed by atoms with van der Waals surface area (Å²) in [6.45, 7) is 10.2. The molecule has 3 heterocycles. The molecule has 3 rings (SSSR count). The van der Waals surface area contributed by atoms with E-state index >= 15 is 0 Å². The molecule has 0 atom stereocenters. The zero-order valence-corrected chi connectivity index (χ0v) is 18.7. The van der Waals surface area contributed by atoms with E-state index in [9.17, 15) is 13.2 Å². The molecule has 0 aliphatic heterocycles. The number of aryl methyl sites for hydroxylation is 2. The number of fused-ring (bicyclic) bond motifs is 1. The summed E-state index contributed by atoms with van der Waals surface area (Å²) in [6, 6.07) is 3.09. The largest absolute Gasteiger partial charge is 0.346 e. The van der Waals surface area contributed by atoms with Crippen LogP contribution in [0.3, 0.4) is 0 Å². The van der Waals surface area contributed by atoms with Gasteiger partial charge in [-0.3, -0.25) is 4.79 Å². The SMILES string of the molecule is Cc1nc(C(C)(C)C)nc2sc(C(=O)NCc3ccc(S(N)(=O)=O)s3)c(C)c12. The van der Waals surface area contributed by atoms with Gasteiger partial charge in [0.2, 0.25) is 10.0 Å². The van der Waals surface area contributed by atoms with E-state index in [1.807, 2.05) is 13.8 Å². The highest BCUT2D eigenvalue weighted by molar-refractivity contribution is 7.91. The van der Waals surface area contributed by atoms with Crippen LogP contribution >= 0.6 is 22.7 Å². The number of carbonyl (C=O) groups is 1. The van der Waals surface area contributed by atoms with Gasteiger partial charge in [0.05, 0.1) is 17.1 Å². The molecule has 3 aromatic rings. The minimum Gasteiger partial charge on any atom is -0.346 e. The lowest BCUT2D eigenvalue weighted by Crippen LogP contribution is -2.22. The summed E-state index contributed by atoms with van der Waals surface area (Å²) in [5.74, 6) is 0.530. The number of rotatable bonds is 4. The normalized spacial score (nSPS) is 12.5. The molecule has 1 amide bonds. The van der Waals surface area contributed by atoms with E-state index in [1.165, 1.54) is 17.4 Å². The van der Waals surface area contributed by atoms with Crippen molar-refractivity contribution in [2.45, 2.75) is 50.8 Å². The highest BCUT2D eigenvalue weighted by atomic mass is 32.2. The van der Waals surface area contributed by atoms with E-state index in [2.05, 4.69) is 36.1 Å². The van der Waals surface area contributed by atoms with Crippen molar-refractivity contribution in [3.05, 3.63) is 39.0 Å². The predicted molar refractivity (Wildman–Crippen MR) is 112 cm³/mol. The quantitative estimate of drug-likeness (QED) is 0.649. The van der Waals surface area contributed by atoms with Gasteiger partial charge in [-0.2, -0.15) is 0 Å². The van der Waals surface area contributed by atoms with Crippen LogP contribution in [0.1, 0.15) is 52.4 Å². The lowest BCUT2D eigenvalue weighted by molar-refractivity contribution is 0.0955. The number of sulfonamides is 1. The van der Waals surface area contributed by atoms with Crippen LogP contribution < -0.4 is 10.5 Å². The summed E-state index contributed by atoms with van der Waals surface area (Å²) in [4.78, 5) is 24.1. The van der Waals surface area contributed by atoms with Crippen molar-refractivity contribution in [2.24, 2.45) is 5.14 Å². The Morgan fingerprint density at radius 2 is 1.86 bits per heavy atom. The number of thiophene rings is 2. The molecular formula is C18H22N4O3S3. The summed E-state index contributed by atoms with van der Waals surface area (Å²) in [7, 11) is -3.73. The second-order valence-electron chi connectivity index (χ2n) is 7.57. The summed E-state index contributed by atoms with van der Waals surface area (Å²) < 4.78 is 22.8. The van der Waals surface area contributed by atoms with Crippen LogP contribution in [-0.4, -0.2) is 24.3 Å². The summed E-state index contributed by atoms with van der Waals surface area (Å²) in [5.41, 5.74) is 1.53. The summed E-state index contributed by atoms with van der Waals surface area (Å²) >= 11 is 2.39. The van der Waals surface area contributed by atoms with E-state index < -0.39 is 10.0 Å². The molecule has 0 aliphatic carbocycles. The van der Waals surface area contributed by atoms with E-state index in [0.717, 1.165) is 38.6 Å². The van der Waals surface area contributed by atoms with Gasteiger partial charge in [0.25, 0.3) is 5.91 Å². The number of hydrogen-bond donors (Lipinski definition) is 2. The third kappa shape index (κ3) is 4.09. The predicted octanol–water partition coefficient (Wildman–Crippen LogP) is 3.24. The highest BCUT2D eigenvalue weighted by Crippen LogP contribution is 2.33. The molecule has 3 N–H and O–H groups in total. The standard InChI is InChI=1S/C18H22N4O3S3/c1-9-13-10(2)21-17(18(3,4)5)22-16(13)27-14(9)15(23)20-8-11-6-7-12(26-11)28(19,24)25/h6-7H,8H2,1-5H3,(H,20,23)(H2,19,24,25). The van der Waals surface area contributed by atoms with Crippen molar-refractivity contribution in [3.63, 3.8) is 0 Å². The van der Waals surface area contributed by atoms with E-state index in [1.54, 1.807) is 6.07 Å². The summed E-state index contributed by atoms with van der Waals surface area (Å²) in [5, 5.41) is 8.88. The number of nitrogens with two attached hydrogens (primary N) is 1. The average molecular weight is 439 g/mol. The number of carbonyl (C=O) groups excluding carboxylic acids is 1. The van der Waals surface area contributed by atoms with E-state index in [-0.39, 0.29) is 22.1 Å². The first-order chi connectivity index (χ1) is 12.9.